The first-order valence-electron chi connectivity index (χ1n) is 8.45. The molecule has 13 heteroatoms. The molecule has 154 valence electrons. The number of hydrogen-bond donors (Lipinski definition) is 2. The lowest BCUT2D eigenvalue weighted by Gasteiger charge is -2.07. The lowest BCUT2D eigenvalue weighted by atomic mass is 10.2. The Balaban J connectivity index is 1.56. The van der Waals surface area contributed by atoms with Crippen molar-refractivity contribution in [2.24, 2.45) is 0 Å². The SMILES string of the molecule is Cc1nsnc1C(=O)NCc1cn2ncc(CNC(=O)CCC(F)(F)F)cc2n1. The molecule has 29 heavy (non-hydrogen) atoms. The second kappa shape index (κ2) is 8.51. The number of alkyl halides is 3. The van der Waals surface area contributed by atoms with Gasteiger partial charge in [-0.3, -0.25) is 9.59 Å². The number of carbonyl (C=O) groups is 2. The van der Waals surface area contributed by atoms with Crippen LogP contribution in [0.15, 0.2) is 18.5 Å². The fourth-order valence-electron chi connectivity index (χ4n) is 2.38. The first kappa shape index (κ1) is 20.6. The monoisotopic (exact) mass is 427 g/mol. The largest absolute Gasteiger partial charge is 0.389 e. The third-order valence-electron chi connectivity index (χ3n) is 3.85. The van der Waals surface area contributed by atoms with E-state index in [0.29, 0.717) is 22.6 Å². The van der Waals surface area contributed by atoms with Crippen LogP contribution in [0, 0.1) is 6.92 Å². The Bertz CT molecular complexity index is 1030. The molecule has 0 spiro atoms. The van der Waals surface area contributed by atoms with Crippen LogP contribution >= 0.6 is 11.7 Å². The first-order valence-corrected chi connectivity index (χ1v) is 9.18. The number of aryl methyl sites for hydroxylation is 1. The summed E-state index contributed by atoms with van der Waals surface area (Å²) in [5.41, 5.74) is 2.43. The molecule has 9 nitrogen and oxygen atoms in total. The molecule has 0 aliphatic carbocycles. The van der Waals surface area contributed by atoms with Crippen molar-refractivity contribution >= 4 is 29.2 Å². The van der Waals surface area contributed by atoms with Crippen molar-refractivity contribution < 1.29 is 22.8 Å². The van der Waals surface area contributed by atoms with Crippen molar-refractivity contribution in [2.45, 2.75) is 39.0 Å². The van der Waals surface area contributed by atoms with Gasteiger partial charge in [-0.2, -0.15) is 27.0 Å². The van der Waals surface area contributed by atoms with E-state index in [1.54, 1.807) is 19.2 Å². The average molecular weight is 427 g/mol. The molecule has 0 atom stereocenters. The highest BCUT2D eigenvalue weighted by atomic mass is 32.1. The average Bonchev–Trinajstić information content (AvgIpc) is 3.27. The zero-order valence-electron chi connectivity index (χ0n) is 15.2. The molecular weight excluding hydrogens is 411 g/mol. The summed E-state index contributed by atoms with van der Waals surface area (Å²) >= 11 is 0.956. The molecule has 3 aromatic rings. The van der Waals surface area contributed by atoms with Gasteiger partial charge in [0.2, 0.25) is 5.91 Å². The summed E-state index contributed by atoms with van der Waals surface area (Å²) < 4.78 is 45.8. The van der Waals surface area contributed by atoms with Crippen LogP contribution in [0.25, 0.3) is 5.65 Å². The van der Waals surface area contributed by atoms with Crippen molar-refractivity contribution in [1.82, 2.24) is 34.0 Å². The van der Waals surface area contributed by atoms with Crippen molar-refractivity contribution in [3.63, 3.8) is 0 Å². The highest BCUT2D eigenvalue weighted by molar-refractivity contribution is 6.99. The van der Waals surface area contributed by atoms with Crippen LogP contribution in [0.4, 0.5) is 13.2 Å². The summed E-state index contributed by atoms with van der Waals surface area (Å²) in [4.78, 5) is 27.9. The number of carbonyl (C=O) groups excluding carboxylic acids is 2. The van der Waals surface area contributed by atoms with Gasteiger partial charge >= 0.3 is 6.18 Å². The molecule has 0 unspecified atom stereocenters. The van der Waals surface area contributed by atoms with Crippen molar-refractivity contribution in [3.05, 3.63) is 41.1 Å². The Kier molecular flexibility index (Phi) is 6.06. The quantitative estimate of drug-likeness (QED) is 0.594. The zero-order valence-corrected chi connectivity index (χ0v) is 16.0. The first-order chi connectivity index (χ1) is 13.7. The maximum absolute atomic E-state index is 12.1. The van der Waals surface area contributed by atoms with Crippen molar-refractivity contribution in [3.8, 4) is 0 Å². The predicted octanol–water partition coefficient (Wildman–Crippen LogP) is 1.78. The van der Waals surface area contributed by atoms with E-state index < -0.39 is 24.9 Å². The summed E-state index contributed by atoms with van der Waals surface area (Å²) in [6.45, 7) is 1.88. The topological polar surface area (TPSA) is 114 Å². The van der Waals surface area contributed by atoms with E-state index in [2.05, 4.69) is 29.5 Å². The minimum absolute atomic E-state index is 0.0369. The van der Waals surface area contributed by atoms with Gasteiger partial charge in [0.05, 0.1) is 48.5 Å². The van der Waals surface area contributed by atoms with Crippen molar-refractivity contribution in [1.29, 1.82) is 0 Å². The molecule has 3 heterocycles. The number of halogens is 3. The standard InChI is InChI=1S/C16H16F3N7O2S/c1-9-14(25-29-24-9)15(28)21-7-11-8-26-12(23-11)4-10(6-22-26)5-20-13(27)2-3-16(17,18)19/h4,6,8H,2-3,5,7H2,1H3,(H,20,27)(H,21,28). The number of aromatic nitrogens is 5. The fourth-order valence-corrected chi connectivity index (χ4v) is 2.93. The van der Waals surface area contributed by atoms with Crippen LogP contribution < -0.4 is 10.6 Å². The minimum atomic E-state index is -4.37. The molecule has 3 aromatic heterocycles. The van der Waals surface area contributed by atoms with Crippen molar-refractivity contribution in [2.75, 3.05) is 0 Å². The molecule has 0 saturated carbocycles. The van der Waals surface area contributed by atoms with E-state index in [9.17, 15) is 22.8 Å². The second-order valence-electron chi connectivity index (χ2n) is 6.17. The normalized spacial score (nSPS) is 11.6. The van der Waals surface area contributed by atoms with Crippen LogP contribution in [-0.2, 0) is 17.9 Å². The Morgan fingerprint density at radius 1 is 1.21 bits per heavy atom. The van der Waals surface area contributed by atoms with E-state index in [0.717, 1.165) is 11.7 Å². The smallest absolute Gasteiger partial charge is 0.352 e. The maximum atomic E-state index is 12.1. The molecule has 2 N–H and O–H groups in total. The van der Waals surface area contributed by atoms with Gasteiger partial charge in [-0.05, 0) is 18.6 Å². The van der Waals surface area contributed by atoms with E-state index in [1.165, 1.54) is 10.7 Å². The van der Waals surface area contributed by atoms with E-state index >= 15 is 0 Å². The summed E-state index contributed by atoms with van der Waals surface area (Å²) in [7, 11) is 0. The highest BCUT2D eigenvalue weighted by Crippen LogP contribution is 2.21. The van der Waals surface area contributed by atoms with Gasteiger partial charge in [-0.15, -0.1) is 0 Å². The minimum Gasteiger partial charge on any atom is -0.352 e. The third-order valence-corrected chi connectivity index (χ3v) is 4.47. The number of fused-ring (bicyclic) bond motifs is 1. The molecule has 0 aliphatic heterocycles. The Hall–Kier alpha value is -3.09. The number of rotatable bonds is 7. The van der Waals surface area contributed by atoms with Gasteiger partial charge in [0, 0.05) is 13.0 Å². The molecular formula is C16H16F3N7O2S. The fraction of sp³-hybridized carbons (Fsp3) is 0.375. The lowest BCUT2D eigenvalue weighted by molar-refractivity contribution is -0.144. The van der Waals surface area contributed by atoms with E-state index in [-0.39, 0.29) is 24.7 Å². The van der Waals surface area contributed by atoms with E-state index in [1.807, 2.05) is 0 Å². The van der Waals surface area contributed by atoms with Crippen LogP contribution in [0.2, 0.25) is 0 Å². The van der Waals surface area contributed by atoms with E-state index in [4.69, 9.17) is 0 Å². The Morgan fingerprint density at radius 3 is 2.69 bits per heavy atom. The molecule has 0 radical (unpaired) electrons. The Labute approximate surface area is 166 Å². The summed E-state index contributed by atoms with van der Waals surface area (Å²) in [5, 5.41) is 9.26. The molecule has 0 saturated heterocycles. The summed E-state index contributed by atoms with van der Waals surface area (Å²) in [6.07, 6.45) is -3.05. The number of imidazole rings is 1. The second-order valence-corrected chi connectivity index (χ2v) is 6.70. The number of amides is 2. The molecule has 0 aromatic carbocycles. The summed E-state index contributed by atoms with van der Waals surface area (Å²) in [6, 6.07) is 1.65. The van der Waals surface area contributed by atoms with Gasteiger partial charge in [0.15, 0.2) is 11.3 Å². The molecule has 0 bridgehead atoms. The molecule has 3 rings (SSSR count). The van der Waals surface area contributed by atoms with Crippen LogP contribution in [0.5, 0.6) is 0 Å². The highest BCUT2D eigenvalue weighted by Gasteiger charge is 2.27. The predicted molar refractivity (Wildman–Crippen MR) is 95.9 cm³/mol. The number of nitrogens with one attached hydrogen (secondary N) is 2. The lowest BCUT2D eigenvalue weighted by Crippen LogP contribution is -2.24. The Morgan fingerprint density at radius 2 is 2.00 bits per heavy atom. The van der Waals surface area contributed by atoms with Crippen LogP contribution in [0.1, 0.15) is 40.3 Å². The van der Waals surface area contributed by atoms with Crippen LogP contribution in [0.3, 0.4) is 0 Å². The number of hydrogen-bond acceptors (Lipinski definition) is 7. The summed E-state index contributed by atoms with van der Waals surface area (Å²) in [5.74, 6) is -1.05. The van der Waals surface area contributed by atoms with Gasteiger partial charge in [-0.1, -0.05) is 0 Å². The van der Waals surface area contributed by atoms with Gasteiger partial charge < -0.3 is 10.6 Å². The van der Waals surface area contributed by atoms with Crippen LogP contribution in [-0.4, -0.2) is 41.3 Å². The molecule has 2 amide bonds. The van der Waals surface area contributed by atoms with Gasteiger partial charge in [0.1, 0.15) is 0 Å². The van der Waals surface area contributed by atoms with Gasteiger partial charge in [0.25, 0.3) is 5.91 Å². The number of nitrogens with zero attached hydrogens (tertiary/aromatic N) is 5. The zero-order chi connectivity index (χ0) is 21.0. The van der Waals surface area contributed by atoms with Gasteiger partial charge in [-0.25, -0.2) is 9.50 Å². The molecule has 0 fully saturated rings. The third kappa shape index (κ3) is 5.70. The maximum Gasteiger partial charge on any atom is 0.389 e. The molecule has 0 aliphatic rings.